The van der Waals surface area contributed by atoms with E-state index in [9.17, 15) is 0 Å². The van der Waals surface area contributed by atoms with E-state index in [4.69, 9.17) is 9.47 Å². The van der Waals surface area contributed by atoms with Gasteiger partial charge in [0, 0.05) is 19.6 Å². The zero-order chi connectivity index (χ0) is 13.9. The van der Waals surface area contributed by atoms with E-state index in [1.807, 2.05) is 0 Å². The Kier molecular flexibility index (Phi) is 4.27. The lowest BCUT2D eigenvalue weighted by Crippen LogP contribution is -2.37. The molecule has 3 aliphatic rings. The van der Waals surface area contributed by atoms with Crippen LogP contribution in [0.2, 0.25) is 0 Å². The van der Waals surface area contributed by atoms with Gasteiger partial charge in [0.25, 0.3) is 0 Å². The molecule has 3 heteroatoms. The number of ether oxygens (including phenoxy) is 2. The van der Waals surface area contributed by atoms with Crippen molar-refractivity contribution < 1.29 is 9.47 Å². The molecule has 0 bridgehead atoms. The van der Waals surface area contributed by atoms with Crippen LogP contribution in [0.3, 0.4) is 0 Å². The van der Waals surface area contributed by atoms with Crippen molar-refractivity contribution in [3.05, 3.63) is 34.6 Å². The Bertz CT molecular complexity index is 454. The smallest absolute Gasteiger partial charge is 0.116 e. The van der Waals surface area contributed by atoms with E-state index in [1.165, 1.54) is 18.4 Å². The van der Waals surface area contributed by atoms with Gasteiger partial charge in [-0.15, -0.1) is 0 Å². The maximum absolute atomic E-state index is 5.82. The van der Waals surface area contributed by atoms with E-state index in [1.54, 1.807) is 11.1 Å². The molecule has 0 aromatic rings. The summed E-state index contributed by atoms with van der Waals surface area (Å²) in [5.74, 6) is 1.06. The minimum Gasteiger partial charge on any atom is -0.491 e. The van der Waals surface area contributed by atoms with Crippen LogP contribution in [0.4, 0.5) is 0 Å². The monoisotopic (exact) mass is 275 g/mol. The number of hydrogen-bond acceptors (Lipinski definition) is 3. The molecular weight excluding hydrogens is 250 g/mol. The SMILES string of the molecule is CC(C)OC1=CCC2=C(CN3CCOCC3)CCC2=C1. The van der Waals surface area contributed by atoms with Gasteiger partial charge in [0.2, 0.25) is 0 Å². The molecule has 1 heterocycles. The summed E-state index contributed by atoms with van der Waals surface area (Å²) < 4.78 is 11.2. The second-order valence-electron chi connectivity index (χ2n) is 6.12. The molecule has 1 saturated heterocycles. The highest BCUT2D eigenvalue weighted by Crippen LogP contribution is 2.38. The second-order valence-corrected chi connectivity index (χ2v) is 6.12. The highest BCUT2D eigenvalue weighted by Gasteiger charge is 2.24. The van der Waals surface area contributed by atoms with Crippen LogP contribution in [0.1, 0.15) is 33.1 Å². The van der Waals surface area contributed by atoms with Gasteiger partial charge in [-0.2, -0.15) is 0 Å². The van der Waals surface area contributed by atoms with Gasteiger partial charge in [-0.3, -0.25) is 4.90 Å². The topological polar surface area (TPSA) is 21.7 Å². The number of rotatable bonds is 4. The van der Waals surface area contributed by atoms with E-state index >= 15 is 0 Å². The van der Waals surface area contributed by atoms with Crippen LogP contribution < -0.4 is 0 Å². The van der Waals surface area contributed by atoms with Gasteiger partial charge in [-0.1, -0.05) is 5.57 Å². The number of morpholine rings is 1. The Morgan fingerprint density at radius 1 is 1.25 bits per heavy atom. The van der Waals surface area contributed by atoms with Crippen LogP contribution >= 0.6 is 0 Å². The van der Waals surface area contributed by atoms with Gasteiger partial charge in [0.05, 0.1) is 19.3 Å². The van der Waals surface area contributed by atoms with Crippen molar-refractivity contribution in [3.63, 3.8) is 0 Å². The van der Waals surface area contributed by atoms with Crippen molar-refractivity contribution >= 4 is 0 Å². The molecule has 1 aliphatic heterocycles. The normalized spacial score (nSPS) is 23.8. The van der Waals surface area contributed by atoms with Gasteiger partial charge in [0.1, 0.15) is 5.76 Å². The predicted octanol–water partition coefficient (Wildman–Crippen LogP) is 3.05. The molecule has 0 unspecified atom stereocenters. The Morgan fingerprint density at radius 3 is 2.80 bits per heavy atom. The van der Waals surface area contributed by atoms with E-state index < -0.39 is 0 Å². The van der Waals surface area contributed by atoms with Crippen molar-refractivity contribution in [1.29, 1.82) is 0 Å². The number of nitrogens with zero attached hydrogens (tertiary/aromatic N) is 1. The van der Waals surface area contributed by atoms with Crippen molar-refractivity contribution in [1.82, 2.24) is 4.90 Å². The first kappa shape index (κ1) is 13.9. The summed E-state index contributed by atoms with van der Waals surface area (Å²) in [6.07, 6.45) is 8.22. The summed E-state index contributed by atoms with van der Waals surface area (Å²) in [4.78, 5) is 2.53. The fourth-order valence-corrected chi connectivity index (χ4v) is 3.24. The van der Waals surface area contributed by atoms with E-state index in [0.29, 0.717) is 0 Å². The Labute approximate surface area is 121 Å². The molecule has 2 aliphatic carbocycles. The Hall–Kier alpha value is -1.06. The number of hydrogen-bond donors (Lipinski definition) is 0. The van der Waals surface area contributed by atoms with Gasteiger partial charge in [-0.25, -0.2) is 0 Å². The highest BCUT2D eigenvalue weighted by molar-refractivity contribution is 5.48. The molecule has 3 rings (SSSR count). The lowest BCUT2D eigenvalue weighted by molar-refractivity contribution is 0.0420. The highest BCUT2D eigenvalue weighted by atomic mass is 16.5. The molecule has 20 heavy (non-hydrogen) atoms. The van der Waals surface area contributed by atoms with Crippen LogP contribution in [0.5, 0.6) is 0 Å². The first-order valence-corrected chi connectivity index (χ1v) is 7.81. The molecule has 110 valence electrons. The second kappa shape index (κ2) is 6.15. The zero-order valence-corrected chi connectivity index (χ0v) is 12.7. The molecule has 0 atom stereocenters. The predicted molar refractivity (Wildman–Crippen MR) is 80.5 cm³/mol. The van der Waals surface area contributed by atoms with E-state index in [-0.39, 0.29) is 6.10 Å². The van der Waals surface area contributed by atoms with Crippen LogP contribution in [0.15, 0.2) is 34.6 Å². The Balaban J connectivity index is 1.66. The van der Waals surface area contributed by atoms with Gasteiger partial charge < -0.3 is 9.47 Å². The van der Waals surface area contributed by atoms with Gasteiger partial charge in [0.15, 0.2) is 0 Å². The molecular formula is C17H25NO2. The van der Waals surface area contributed by atoms with Crippen molar-refractivity contribution in [2.75, 3.05) is 32.8 Å². The summed E-state index contributed by atoms with van der Waals surface area (Å²) in [5.41, 5.74) is 4.72. The molecule has 1 fully saturated rings. The first-order valence-electron chi connectivity index (χ1n) is 7.81. The summed E-state index contributed by atoms with van der Waals surface area (Å²) in [7, 11) is 0. The molecule has 0 amide bonds. The van der Waals surface area contributed by atoms with Crippen LogP contribution in [0.25, 0.3) is 0 Å². The fourth-order valence-electron chi connectivity index (χ4n) is 3.24. The van der Waals surface area contributed by atoms with Crippen molar-refractivity contribution in [2.24, 2.45) is 0 Å². The lowest BCUT2D eigenvalue weighted by Gasteiger charge is -2.27. The van der Waals surface area contributed by atoms with Gasteiger partial charge in [-0.05, 0) is 56.4 Å². The quantitative estimate of drug-likeness (QED) is 0.787. The third-order valence-electron chi connectivity index (χ3n) is 4.22. The fraction of sp³-hybridized carbons (Fsp3) is 0.647. The van der Waals surface area contributed by atoms with Crippen LogP contribution in [-0.4, -0.2) is 43.9 Å². The lowest BCUT2D eigenvalue weighted by atomic mass is 9.98. The summed E-state index contributed by atoms with van der Waals surface area (Å²) in [6.45, 7) is 9.23. The molecule has 0 aromatic carbocycles. The molecule has 0 N–H and O–H groups in total. The minimum atomic E-state index is 0.262. The largest absolute Gasteiger partial charge is 0.491 e. The minimum absolute atomic E-state index is 0.262. The van der Waals surface area contributed by atoms with Gasteiger partial charge >= 0.3 is 0 Å². The molecule has 0 spiro atoms. The molecule has 3 nitrogen and oxygen atoms in total. The van der Waals surface area contributed by atoms with Crippen LogP contribution in [-0.2, 0) is 9.47 Å². The average Bonchev–Trinajstić information content (AvgIpc) is 2.82. The summed E-state index contributed by atoms with van der Waals surface area (Å²) >= 11 is 0. The summed E-state index contributed by atoms with van der Waals surface area (Å²) in [5, 5.41) is 0. The average molecular weight is 275 g/mol. The Morgan fingerprint density at radius 2 is 2.05 bits per heavy atom. The molecule has 0 saturated carbocycles. The maximum atomic E-state index is 5.82. The third kappa shape index (κ3) is 3.15. The zero-order valence-electron chi connectivity index (χ0n) is 12.7. The number of allylic oxidation sites excluding steroid dienone is 4. The van der Waals surface area contributed by atoms with E-state index in [2.05, 4.69) is 30.9 Å². The first-order chi connectivity index (χ1) is 9.72. The van der Waals surface area contributed by atoms with E-state index in [0.717, 1.165) is 45.0 Å². The molecule has 0 aromatic heterocycles. The molecule has 0 radical (unpaired) electrons. The van der Waals surface area contributed by atoms with Crippen molar-refractivity contribution in [3.8, 4) is 0 Å². The maximum Gasteiger partial charge on any atom is 0.116 e. The third-order valence-corrected chi connectivity index (χ3v) is 4.22. The van der Waals surface area contributed by atoms with Crippen LogP contribution in [0, 0.1) is 0 Å². The number of fused-ring (bicyclic) bond motifs is 1. The van der Waals surface area contributed by atoms with Crippen molar-refractivity contribution in [2.45, 2.75) is 39.2 Å². The standard InChI is InChI=1S/C17H25NO2/c1-13(2)20-16-5-6-17-14(11-16)3-4-15(17)12-18-7-9-19-10-8-18/h5,11,13H,3-4,6-10,12H2,1-2H3. The summed E-state index contributed by atoms with van der Waals surface area (Å²) in [6, 6.07) is 0.